The summed E-state index contributed by atoms with van der Waals surface area (Å²) >= 11 is 8.87. The van der Waals surface area contributed by atoms with E-state index in [1.54, 1.807) is 29.7 Å². The number of nitrogens with zero attached hydrogens (tertiary/aromatic N) is 3. The lowest BCUT2D eigenvalue weighted by Crippen LogP contribution is -2.43. The molecular weight excluding hydrogens is 504 g/mol. The molecule has 3 aromatic rings. The van der Waals surface area contributed by atoms with Crippen LogP contribution in [0.5, 0.6) is 0 Å². The molecule has 3 aromatic heterocycles. The van der Waals surface area contributed by atoms with Gasteiger partial charge in [-0.05, 0) is 82.1 Å². The average Bonchev–Trinajstić information content (AvgIpc) is 3.04. The fraction of sp³-hybridized carbons (Fsp3) is 0.400. The lowest BCUT2D eigenvalue weighted by molar-refractivity contribution is 0.191. The number of rotatable bonds is 6. The van der Waals surface area contributed by atoms with Crippen LogP contribution in [0.1, 0.15) is 17.7 Å². The Hall–Kier alpha value is -1.06. The minimum Gasteiger partial charge on any atom is -0.309 e. The second-order valence-corrected chi connectivity index (χ2v) is 10.4. The number of likely N-dealkylation sites (tertiary alicyclic amines) is 1. The van der Waals surface area contributed by atoms with E-state index in [4.69, 9.17) is 0 Å². The van der Waals surface area contributed by atoms with Gasteiger partial charge in [0.2, 0.25) is 0 Å². The third-order valence-electron chi connectivity index (χ3n) is 5.25. The van der Waals surface area contributed by atoms with Crippen molar-refractivity contribution in [3.05, 3.63) is 60.0 Å². The number of nitrogens with one attached hydrogen (secondary N) is 1. The molecule has 4 rings (SSSR count). The van der Waals surface area contributed by atoms with Gasteiger partial charge in [0.1, 0.15) is 0 Å². The largest absolute Gasteiger partial charge is 0.309 e. The summed E-state index contributed by atoms with van der Waals surface area (Å²) in [6.45, 7) is 4.64. The van der Waals surface area contributed by atoms with Crippen molar-refractivity contribution < 1.29 is 0 Å². The summed E-state index contributed by atoms with van der Waals surface area (Å²) in [4.78, 5) is 20.5. The molecule has 0 saturated carbocycles. The molecule has 0 radical (unpaired) electrons. The second-order valence-electron chi connectivity index (χ2n) is 7.06. The van der Waals surface area contributed by atoms with E-state index < -0.39 is 0 Å². The minimum absolute atomic E-state index is 0.0466. The highest BCUT2D eigenvalue weighted by Gasteiger charge is 2.19. The molecule has 0 aromatic carbocycles. The average molecular weight is 526 g/mol. The van der Waals surface area contributed by atoms with Gasteiger partial charge in [0.15, 0.2) is 0 Å². The van der Waals surface area contributed by atoms with Gasteiger partial charge < -0.3 is 14.8 Å². The van der Waals surface area contributed by atoms with E-state index in [9.17, 15) is 4.79 Å². The summed E-state index contributed by atoms with van der Waals surface area (Å²) in [6.07, 6.45) is 4.04. The molecular formula is C20H22Br2N4OS. The standard InChI is InChI=1S/C20H22Br2N4OS/c21-16-12-15(28-20(16)22)13-24-14-5-8-25(9-6-14)10-11-26-18-2-1-7-23-17(18)3-4-19(26)27/h1-4,7,12,14,24H,5-6,8-11,13H2. The van der Waals surface area contributed by atoms with Gasteiger partial charge in [-0.1, -0.05) is 0 Å². The first-order valence-corrected chi connectivity index (χ1v) is 11.8. The Balaban J connectivity index is 1.28. The van der Waals surface area contributed by atoms with Gasteiger partial charge in [0.25, 0.3) is 5.56 Å². The van der Waals surface area contributed by atoms with Crippen molar-refractivity contribution in [3.8, 4) is 0 Å². The van der Waals surface area contributed by atoms with Crippen molar-refractivity contribution in [2.45, 2.75) is 32.0 Å². The number of halogens is 2. The van der Waals surface area contributed by atoms with Crippen LogP contribution in [0.3, 0.4) is 0 Å². The summed E-state index contributed by atoms with van der Waals surface area (Å²) in [5, 5.41) is 3.68. The zero-order chi connectivity index (χ0) is 19.5. The zero-order valence-corrected chi connectivity index (χ0v) is 19.4. The van der Waals surface area contributed by atoms with Crippen LogP contribution in [-0.4, -0.2) is 40.1 Å². The molecule has 1 fully saturated rings. The predicted molar refractivity (Wildman–Crippen MR) is 122 cm³/mol. The van der Waals surface area contributed by atoms with Crippen LogP contribution < -0.4 is 10.9 Å². The van der Waals surface area contributed by atoms with Crippen molar-refractivity contribution in [2.75, 3.05) is 19.6 Å². The molecule has 8 heteroatoms. The van der Waals surface area contributed by atoms with Crippen LogP contribution in [0.25, 0.3) is 11.0 Å². The summed E-state index contributed by atoms with van der Waals surface area (Å²) < 4.78 is 4.13. The molecule has 0 aliphatic carbocycles. The number of hydrogen-bond acceptors (Lipinski definition) is 5. The fourth-order valence-electron chi connectivity index (χ4n) is 3.68. The van der Waals surface area contributed by atoms with E-state index in [1.807, 2.05) is 16.7 Å². The Bertz CT molecular complexity index is 991. The van der Waals surface area contributed by atoms with Crippen molar-refractivity contribution >= 4 is 54.2 Å². The summed E-state index contributed by atoms with van der Waals surface area (Å²) in [5.41, 5.74) is 1.84. The van der Waals surface area contributed by atoms with Gasteiger partial charge in [-0.15, -0.1) is 11.3 Å². The topological polar surface area (TPSA) is 50.2 Å². The first-order valence-electron chi connectivity index (χ1n) is 9.44. The molecule has 1 aliphatic rings. The van der Waals surface area contributed by atoms with E-state index in [0.29, 0.717) is 12.6 Å². The smallest absolute Gasteiger partial charge is 0.251 e. The minimum atomic E-state index is 0.0466. The fourth-order valence-corrected chi connectivity index (χ4v) is 5.81. The maximum atomic E-state index is 12.3. The quantitative estimate of drug-likeness (QED) is 0.523. The molecule has 0 bridgehead atoms. The molecule has 5 nitrogen and oxygen atoms in total. The van der Waals surface area contributed by atoms with Crippen LogP contribution in [-0.2, 0) is 13.1 Å². The first-order chi connectivity index (χ1) is 13.6. The maximum Gasteiger partial charge on any atom is 0.251 e. The molecule has 0 spiro atoms. The van der Waals surface area contributed by atoms with E-state index in [1.165, 1.54) is 4.88 Å². The van der Waals surface area contributed by atoms with Crippen LogP contribution in [0.15, 0.2) is 49.6 Å². The van der Waals surface area contributed by atoms with Crippen LogP contribution in [0.4, 0.5) is 0 Å². The van der Waals surface area contributed by atoms with Crippen molar-refractivity contribution in [1.82, 2.24) is 19.8 Å². The molecule has 28 heavy (non-hydrogen) atoms. The van der Waals surface area contributed by atoms with Crippen LogP contribution in [0, 0.1) is 0 Å². The highest BCUT2D eigenvalue weighted by atomic mass is 79.9. The highest BCUT2D eigenvalue weighted by molar-refractivity contribution is 9.13. The molecule has 1 aliphatic heterocycles. The predicted octanol–water partition coefficient (Wildman–Crippen LogP) is 4.24. The molecule has 0 amide bonds. The Morgan fingerprint density at radius 2 is 2.00 bits per heavy atom. The van der Waals surface area contributed by atoms with Gasteiger partial charge >= 0.3 is 0 Å². The summed E-state index contributed by atoms with van der Waals surface area (Å²) in [5.74, 6) is 0. The number of thiophene rings is 1. The molecule has 1 N–H and O–H groups in total. The SMILES string of the molecule is O=c1ccc2ncccc2n1CCN1CCC(NCc2cc(Br)c(Br)s2)CC1. The number of hydrogen-bond donors (Lipinski definition) is 1. The first kappa shape index (κ1) is 20.2. The van der Waals surface area contributed by atoms with E-state index in [-0.39, 0.29) is 5.56 Å². The molecule has 0 unspecified atom stereocenters. The normalized spacial score (nSPS) is 16.1. The number of piperidine rings is 1. The van der Waals surface area contributed by atoms with Crippen molar-refractivity contribution in [2.24, 2.45) is 0 Å². The molecule has 148 valence electrons. The number of pyridine rings is 2. The summed E-state index contributed by atoms with van der Waals surface area (Å²) in [6, 6.07) is 10.0. The number of aromatic nitrogens is 2. The molecule has 1 saturated heterocycles. The summed E-state index contributed by atoms with van der Waals surface area (Å²) in [7, 11) is 0. The van der Waals surface area contributed by atoms with Gasteiger partial charge in [0, 0.05) is 47.3 Å². The monoisotopic (exact) mass is 524 g/mol. The lowest BCUT2D eigenvalue weighted by Gasteiger charge is -2.32. The van der Waals surface area contributed by atoms with Crippen LogP contribution in [0.2, 0.25) is 0 Å². The second kappa shape index (κ2) is 9.17. The Morgan fingerprint density at radius 1 is 1.18 bits per heavy atom. The van der Waals surface area contributed by atoms with E-state index in [2.05, 4.69) is 53.1 Å². The lowest BCUT2D eigenvalue weighted by atomic mass is 10.1. The molecule has 0 atom stereocenters. The highest BCUT2D eigenvalue weighted by Crippen LogP contribution is 2.32. The molecule has 4 heterocycles. The third-order valence-corrected chi connectivity index (χ3v) is 8.50. The Morgan fingerprint density at radius 3 is 2.75 bits per heavy atom. The van der Waals surface area contributed by atoms with Gasteiger partial charge in [0.05, 0.1) is 14.8 Å². The van der Waals surface area contributed by atoms with E-state index in [0.717, 1.165) is 58.3 Å². The van der Waals surface area contributed by atoms with Gasteiger partial charge in [-0.2, -0.15) is 0 Å². The van der Waals surface area contributed by atoms with Crippen molar-refractivity contribution in [3.63, 3.8) is 0 Å². The maximum absolute atomic E-state index is 12.3. The third kappa shape index (κ3) is 4.74. The Labute approximate surface area is 185 Å². The van der Waals surface area contributed by atoms with Gasteiger partial charge in [-0.3, -0.25) is 9.78 Å². The van der Waals surface area contributed by atoms with Crippen LogP contribution >= 0.6 is 43.2 Å². The van der Waals surface area contributed by atoms with E-state index >= 15 is 0 Å². The number of fused-ring (bicyclic) bond motifs is 1. The van der Waals surface area contributed by atoms with Gasteiger partial charge in [-0.25, -0.2) is 0 Å². The zero-order valence-electron chi connectivity index (χ0n) is 15.4. The Kier molecular flexibility index (Phi) is 6.62. The van der Waals surface area contributed by atoms with Crippen molar-refractivity contribution in [1.29, 1.82) is 0 Å².